The highest BCUT2D eigenvalue weighted by Gasteiger charge is 2.39. The Hall–Kier alpha value is -3.44. The van der Waals surface area contributed by atoms with Gasteiger partial charge in [-0.2, -0.15) is 0 Å². The molecule has 3 aromatic carbocycles. The lowest BCUT2D eigenvalue weighted by molar-refractivity contribution is -0.137. The number of anilines is 1. The highest BCUT2D eigenvalue weighted by atomic mass is 35.5. The van der Waals surface area contributed by atoms with Crippen LogP contribution < -0.4 is 5.32 Å². The van der Waals surface area contributed by atoms with E-state index in [-0.39, 0.29) is 17.8 Å². The smallest absolute Gasteiger partial charge is 0.278 e. The second kappa shape index (κ2) is 8.36. The maximum Gasteiger partial charge on any atom is 0.278 e. The molecule has 0 unspecified atom stereocenters. The normalized spacial score (nSPS) is 13.9. The Morgan fingerprint density at radius 1 is 0.903 bits per heavy atom. The molecule has 0 bridgehead atoms. The Morgan fingerprint density at radius 3 is 2.32 bits per heavy atom. The van der Waals surface area contributed by atoms with E-state index in [2.05, 4.69) is 5.32 Å². The van der Waals surface area contributed by atoms with Crippen molar-refractivity contribution in [3.05, 3.63) is 106 Å². The van der Waals surface area contributed by atoms with Crippen LogP contribution in [-0.2, 0) is 16.1 Å². The van der Waals surface area contributed by atoms with E-state index in [9.17, 15) is 14.0 Å². The molecule has 0 saturated carbocycles. The summed E-state index contributed by atoms with van der Waals surface area (Å²) in [6, 6.07) is 18.4. The van der Waals surface area contributed by atoms with Gasteiger partial charge in [-0.1, -0.05) is 48.0 Å². The molecule has 1 aliphatic heterocycles. The minimum Gasteiger partial charge on any atom is -0.350 e. The van der Waals surface area contributed by atoms with E-state index in [0.717, 1.165) is 16.7 Å². The van der Waals surface area contributed by atoms with Crippen LogP contribution in [0.3, 0.4) is 0 Å². The van der Waals surface area contributed by atoms with Crippen LogP contribution in [0.15, 0.2) is 72.4 Å². The largest absolute Gasteiger partial charge is 0.350 e. The third-order valence-corrected chi connectivity index (χ3v) is 5.56. The number of amides is 2. The Bertz CT molecular complexity index is 1220. The molecule has 31 heavy (non-hydrogen) atoms. The van der Waals surface area contributed by atoms with Crippen LogP contribution in [0.1, 0.15) is 22.3 Å². The first kappa shape index (κ1) is 20.8. The van der Waals surface area contributed by atoms with Crippen molar-refractivity contribution < 1.29 is 14.0 Å². The van der Waals surface area contributed by atoms with Crippen LogP contribution in [0.5, 0.6) is 0 Å². The molecule has 0 atom stereocenters. The molecule has 0 spiro atoms. The third kappa shape index (κ3) is 4.23. The van der Waals surface area contributed by atoms with Crippen LogP contribution in [-0.4, -0.2) is 16.7 Å². The first-order valence-corrected chi connectivity index (χ1v) is 10.2. The van der Waals surface area contributed by atoms with Gasteiger partial charge in [-0.15, -0.1) is 0 Å². The van der Waals surface area contributed by atoms with Crippen molar-refractivity contribution in [1.29, 1.82) is 0 Å². The lowest BCUT2D eigenvalue weighted by atomic mass is 9.99. The summed E-state index contributed by atoms with van der Waals surface area (Å²) in [5.41, 5.74) is 4.30. The molecule has 1 aliphatic rings. The zero-order valence-corrected chi connectivity index (χ0v) is 17.8. The maximum absolute atomic E-state index is 13.7. The quantitative estimate of drug-likeness (QED) is 0.540. The van der Waals surface area contributed by atoms with Crippen LogP contribution in [0.4, 0.5) is 10.1 Å². The van der Waals surface area contributed by atoms with E-state index in [1.165, 1.54) is 17.0 Å². The van der Waals surface area contributed by atoms with E-state index in [0.29, 0.717) is 16.3 Å². The van der Waals surface area contributed by atoms with E-state index in [1.54, 1.807) is 36.4 Å². The number of benzene rings is 3. The molecule has 0 radical (unpaired) electrons. The molecular weight excluding hydrogens is 415 g/mol. The van der Waals surface area contributed by atoms with Crippen LogP contribution >= 0.6 is 11.6 Å². The summed E-state index contributed by atoms with van der Waals surface area (Å²) < 4.78 is 13.7. The number of carbonyl (C=O) groups is 2. The van der Waals surface area contributed by atoms with Gasteiger partial charge >= 0.3 is 0 Å². The van der Waals surface area contributed by atoms with Crippen molar-refractivity contribution in [3.63, 3.8) is 0 Å². The molecule has 1 heterocycles. The number of rotatable bonds is 5. The number of carbonyl (C=O) groups excluding carboxylic acids is 2. The maximum atomic E-state index is 13.7. The molecule has 0 aliphatic carbocycles. The van der Waals surface area contributed by atoms with Gasteiger partial charge in [0, 0.05) is 10.7 Å². The second-order valence-electron chi connectivity index (χ2n) is 7.51. The van der Waals surface area contributed by atoms with Gasteiger partial charge in [0.15, 0.2) is 0 Å². The number of nitrogens with zero attached hydrogens (tertiary/aromatic N) is 1. The zero-order chi connectivity index (χ0) is 22.1. The number of imide groups is 1. The summed E-state index contributed by atoms with van der Waals surface area (Å²) in [7, 11) is 0. The molecule has 6 heteroatoms. The van der Waals surface area contributed by atoms with Crippen molar-refractivity contribution in [1.82, 2.24) is 4.90 Å². The van der Waals surface area contributed by atoms with Crippen LogP contribution in [0, 0.1) is 19.7 Å². The average Bonchev–Trinajstić information content (AvgIpc) is 2.96. The predicted molar refractivity (Wildman–Crippen MR) is 120 cm³/mol. The minimum absolute atomic E-state index is 0.109. The summed E-state index contributed by atoms with van der Waals surface area (Å²) >= 11 is 5.95. The molecule has 4 rings (SSSR count). The first-order valence-electron chi connectivity index (χ1n) is 9.78. The number of aryl methyl sites for hydroxylation is 2. The fraction of sp³-hybridized carbons (Fsp3) is 0.120. The lowest BCUT2D eigenvalue weighted by Gasteiger charge is -2.15. The molecule has 0 aromatic heterocycles. The monoisotopic (exact) mass is 434 g/mol. The van der Waals surface area contributed by atoms with Crippen molar-refractivity contribution >= 4 is 34.7 Å². The Labute approximate surface area is 185 Å². The van der Waals surface area contributed by atoms with Crippen molar-refractivity contribution in [2.75, 3.05) is 5.32 Å². The molecule has 0 fully saturated rings. The fourth-order valence-corrected chi connectivity index (χ4v) is 3.61. The molecule has 4 nitrogen and oxygen atoms in total. The molecule has 0 saturated heterocycles. The summed E-state index contributed by atoms with van der Waals surface area (Å²) in [4.78, 5) is 27.8. The molecular formula is C25H20ClFN2O2. The fourth-order valence-electron chi connectivity index (χ4n) is 3.48. The van der Waals surface area contributed by atoms with Gasteiger partial charge in [0.05, 0.1) is 12.1 Å². The number of halogens is 2. The summed E-state index contributed by atoms with van der Waals surface area (Å²) in [6.07, 6.45) is 0. The van der Waals surface area contributed by atoms with Crippen molar-refractivity contribution in [2.45, 2.75) is 20.4 Å². The van der Waals surface area contributed by atoms with Gasteiger partial charge in [-0.05, 0) is 66.4 Å². The van der Waals surface area contributed by atoms with Gasteiger partial charge in [0.2, 0.25) is 0 Å². The minimum atomic E-state index is -0.461. The van der Waals surface area contributed by atoms with Crippen molar-refractivity contribution in [2.24, 2.45) is 0 Å². The highest BCUT2D eigenvalue weighted by Crippen LogP contribution is 2.32. The van der Waals surface area contributed by atoms with Crippen LogP contribution in [0.2, 0.25) is 5.02 Å². The van der Waals surface area contributed by atoms with Gasteiger partial charge < -0.3 is 5.32 Å². The summed E-state index contributed by atoms with van der Waals surface area (Å²) in [5, 5.41) is 3.55. The molecule has 1 N–H and O–H groups in total. The van der Waals surface area contributed by atoms with Crippen LogP contribution in [0.25, 0.3) is 5.57 Å². The predicted octanol–water partition coefficient (Wildman–Crippen LogP) is 5.49. The SMILES string of the molecule is Cc1ccc(C2=C(Nc3cccc(F)c3)C(=O)N(Cc3ccc(Cl)cc3)C2=O)cc1C. The number of hydrogen-bond donors (Lipinski definition) is 1. The van der Waals surface area contributed by atoms with Gasteiger partial charge in [0.25, 0.3) is 11.8 Å². The standard InChI is InChI=1S/C25H20ClFN2O2/c1-15-6-9-18(12-16(15)2)22-23(28-21-5-3-4-20(27)13-21)25(31)29(24(22)30)14-17-7-10-19(26)11-8-17/h3-13,28H,14H2,1-2H3. The van der Waals surface area contributed by atoms with Gasteiger partial charge in [0.1, 0.15) is 11.5 Å². The van der Waals surface area contributed by atoms with E-state index in [4.69, 9.17) is 11.6 Å². The Morgan fingerprint density at radius 2 is 1.65 bits per heavy atom. The topological polar surface area (TPSA) is 49.4 Å². The molecule has 3 aromatic rings. The second-order valence-corrected chi connectivity index (χ2v) is 7.94. The summed E-state index contributed by atoms with van der Waals surface area (Å²) in [6.45, 7) is 4.04. The number of hydrogen-bond acceptors (Lipinski definition) is 3. The van der Waals surface area contributed by atoms with E-state index < -0.39 is 17.6 Å². The van der Waals surface area contributed by atoms with Crippen molar-refractivity contribution in [3.8, 4) is 0 Å². The third-order valence-electron chi connectivity index (χ3n) is 5.31. The highest BCUT2D eigenvalue weighted by molar-refractivity contribution is 6.36. The van der Waals surface area contributed by atoms with Gasteiger partial charge in [-0.25, -0.2) is 4.39 Å². The average molecular weight is 435 g/mol. The summed E-state index contributed by atoms with van der Waals surface area (Å²) in [5.74, 6) is -1.30. The first-order chi connectivity index (χ1) is 14.8. The zero-order valence-electron chi connectivity index (χ0n) is 17.1. The Kier molecular flexibility index (Phi) is 5.61. The number of nitrogens with one attached hydrogen (secondary N) is 1. The Balaban J connectivity index is 1.76. The van der Waals surface area contributed by atoms with E-state index >= 15 is 0 Å². The molecule has 156 valence electrons. The van der Waals surface area contributed by atoms with E-state index in [1.807, 2.05) is 32.0 Å². The molecule has 2 amide bonds. The van der Waals surface area contributed by atoms with Gasteiger partial charge in [-0.3, -0.25) is 14.5 Å². The lowest BCUT2D eigenvalue weighted by Crippen LogP contribution is -2.32.